The van der Waals surface area contributed by atoms with Crippen molar-refractivity contribution in [3.05, 3.63) is 22.6 Å². The fraction of sp³-hybridized carbons (Fsp3) is 0.400. The molecule has 1 aromatic heterocycles. The second-order valence-corrected chi connectivity index (χ2v) is 4.44. The molecule has 1 atom stereocenters. The van der Waals surface area contributed by atoms with Crippen molar-refractivity contribution in [2.24, 2.45) is 0 Å². The number of carbonyl (C=O) groups excluding carboxylic acids is 1. The number of amides is 1. The number of aliphatic carboxylic acids is 1. The van der Waals surface area contributed by atoms with Gasteiger partial charge in [0, 0.05) is 19.6 Å². The molecule has 0 bridgehead atoms. The molecule has 0 radical (unpaired) electrons. The van der Waals surface area contributed by atoms with Crippen LogP contribution in [0.3, 0.4) is 0 Å². The highest BCUT2D eigenvalue weighted by atomic mass is 79.9. The smallest absolute Gasteiger partial charge is 0.327 e. The second-order valence-electron chi connectivity index (χ2n) is 3.66. The third-order valence-electron chi connectivity index (χ3n) is 2.57. The van der Waals surface area contributed by atoms with Crippen molar-refractivity contribution in [1.29, 1.82) is 0 Å². The third-order valence-corrected chi connectivity index (χ3v) is 3.00. The number of carboxylic acid groups (broad SMARTS) is 1. The van der Waals surface area contributed by atoms with Gasteiger partial charge in [0.2, 0.25) is 0 Å². The molecular weight excluding hydrogens is 292 g/mol. The average Bonchev–Trinajstić information content (AvgIpc) is 2.75. The first-order valence-corrected chi connectivity index (χ1v) is 5.88. The predicted octanol–water partition coefficient (Wildman–Crippen LogP) is 0.541. The average molecular weight is 303 g/mol. The van der Waals surface area contributed by atoms with Crippen LogP contribution in [0.2, 0.25) is 0 Å². The van der Waals surface area contributed by atoms with Gasteiger partial charge in [-0.3, -0.25) is 4.79 Å². The van der Waals surface area contributed by atoms with Gasteiger partial charge in [-0.05, 0) is 28.1 Å². The van der Waals surface area contributed by atoms with Gasteiger partial charge in [-0.25, -0.2) is 4.79 Å². The number of rotatable bonds is 2. The molecule has 92 valence electrons. The lowest BCUT2D eigenvalue weighted by Crippen LogP contribution is -2.56. The van der Waals surface area contributed by atoms with Crippen molar-refractivity contribution >= 4 is 27.8 Å². The van der Waals surface area contributed by atoms with E-state index in [2.05, 4.69) is 21.2 Å². The van der Waals surface area contributed by atoms with Gasteiger partial charge in [-0.1, -0.05) is 0 Å². The summed E-state index contributed by atoms with van der Waals surface area (Å²) >= 11 is 3.10. The summed E-state index contributed by atoms with van der Waals surface area (Å²) in [5.74, 6) is -1.27. The van der Waals surface area contributed by atoms with Gasteiger partial charge in [0.15, 0.2) is 10.4 Å². The SMILES string of the molecule is O=C(O)C1CNCCN1C(=O)c1ccc(Br)o1. The van der Waals surface area contributed by atoms with E-state index < -0.39 is 17.9 Å². The van der Waals surface area contributed by atoms with Gasteiger partial charge < -0.3 is 19.7 Å². The van der Waals surface area contributed by atoms with E-state index in [9.17, 15) is 9.59 Å². The molecule has 2 heterocycles. The van der Waals surface area contributed by atoms with Gasteiger partial charge in [-0.15, -0.1) is 0 Å². The molecule has 0 aromatic carbocycles. The summed E-state index contributed by atoms with van der Waals surface area (Å²) < 4.78 is 5.59. The fourth-order valence-electron chi connectivity index (χ4n) is 1.74. The fourth-order valence-corrected chi connectivity index (χ4v) is 2.05. The molecule has 1 amide bonds. The van der Waals surface area contributed by atoms with Crippen molar-refractivity contribution in [3.63, 3.8) is 0 Å². The summed E-state index contributed by atoms with van der Waals surface area (Å²) in [7, 11) is 0. The standard InChI is InChI=1S/C10H11BrN2O4/c11-8-2-1-7(17-8)9(14)13-4-3-12-5-6(13)10(15)16/h1-2,6,12H,3-5H2,(H,15,16). The lowest BCUT2D eigenvalue weighted by atomic mass is 10.2. The van der Waals surface area contributed by atoms with E-state index in [4.69, 9.17) is 9.52 Å². The molecule has 7 heteroatoms. The van der Waals surface area contributed by atoms with Crippen molar-refractivity contribution in [2.45, 2.75) is 6.04 Å². The minimum atomic E-state index is -1.02. The van der Waals surface area contributed by atoms with Crippen LogP contribution in [0.15, 0.2) is 21.2 Å². The summed E-state index contributed by atoms with van der Waals surface area (Å²) in [5, 5.41) is 12.0. The lowest BCUT2D eigenvalue weighted by molar-refractivity contribution is -0.142. The molecule has 0 saturated carbocycles. The quantitative estimate of drug-likeness (QED) is 0.833. The number of hydrogen-bond donors (Lipinski definition) is 2. The Labute approximate surface area is 106 Å². The Bertz CT molecular complexity index is 445. The Morgan fingerprint density at radius 1 is 1.53 bits per heavy atom. The number of hydrogen-bond acceptors (Lipinski definition) is 4. The molecule has 0 spiro atoms. The molecule has 0 aliphatic carbocycles. The monoisotopic (exact) mass is 302 g/mol. The topological polar surface area (TPSA) is 82.8 Å². The van der Waals surface area contributed by atoms with Crippen LogP contribution in [0, 0.1) is 0 Å². The molecule has 1 saturated heterocycles. The summed E-state index contributed by atoms with van der Waals surface area (Å²) in [5.41, 5.74) is 0. The van der Waals surface area contributed by atoms with Crippen LogP contribution in [0.1, 0.15) is 10.6 Å². The molecular formula is C10H11BrN2O4. The molecule has 2 N–H and O–H groups in total. The number of nitrogens with zero attached hydrogens (tertiary/aromatic N) is 1. The zero-order valence-corrected chi connectivity index (χ0v) is 10.4. The van der Waals surface area contributed by atoms with E-state index in [1.165, 1.54) is 11.0 Å². The summed E-state index contributed by atoms with van der Waals surface area (Å²) in [6.45, 7) is 1.19. The molecule has 1 aromatic rings. The van der Waals surface area contributed by atoms with Crippen LogP contribution in [-0.2, 0) is 4.79 Å². The van der Waals surface area contributed by atoms with E-state index in [1.54, 1.807) is 6.07 Å². The molecule has 1 aliphatic rings. The van der Waals surface area contributed by atoms with Crippen molar-refractivity contribution < 1.29 is 19.1 Å². The molecule has 1 fully saturated rings. The third kappa shape index (κ3) is 2.50. The van der Waals surface area contributed by atoms with Crippen molar-refractivity contribution in [2.75, 3.05) is 19.6 Å². The first-order valence-electron chi connectivity index (χ1n) is 5.09. The van der Waals surface area contributed by atoms with E-state index in [1.807, 2.05) is 0 Å². The zero-order valence-electron chi connectivity index (χ0n) is 8.85. The Morgan fingerprint density at radius 3 is 2.88 bits per heavy atom. The van der Waals surface area contributed by atoms with Crippen LogP contribution in [0.25, 0.3) is 0 Å². The Morgan fingerprint density at radius 2 is 2.29 bits per heavy atom. The van der Waals surface area contributed by atoms with Crippen LogP contribution in [0.5, 0.6) is 0 Å². The van der Waals surface area contributed by atoms with Gasteiger partial charge >= 0.3 is 5.97 Å². The lowest BCUT2D eigenvalue weighted by Gasteiger charge is -2.32. The van der Waals surface area contributed by atoms with E-state index in [0.29, 0.717) is 17.8 Å². The molecule has 6 nitrogen and oxygen atoms in total. The summed E-state index contributed by atoms with van der Waals surface area (Å²) in [6, 6.07) is 2.28. The number of piperazine rings is 1. The second kappa shape index (κ2) is 4.89. The summed E-state index contributed by atoms with van der Waals surface area (Å²) in [4.78, 5) is 24.4. The highest BCUT2D eigenvalue weighted by Gasteiger charge is 2.33. The minimum Gasteiger partial charge on any atom is -0.480 e. The van der Waals surface area contributed by atoms with Crippen molar-refractivity contribution in [3.8, 4) is 0 Å². The van der Waals surface area contributed by atoms with Crippen LogP contribution in [0.4, 0.5) is 0 Å². The van der Waals surface area contributed by atoms with E-state index in [-0.39, 0.29) is 12.3 Å². The van der Waals surface area contributed by atoms with E-state index in [0.717, 1.165) is 0 Å². The number of carbonyl (C=O) groups is 2. The first kappa shape index (κ1) is 12.1. The van der Waals surface area contributed by atoms with Crippen molar-refractivity contribution in [1.82, 2.24) is 10.2 Å². The highest BCUT2D eigenvalue weighted by Crippen LogP contribution is 2.17. The maximum Gasteiger partial charge on any atom is 0.327 e. The maximum atomic E-state index is 12.0. The molecule has 17 heavy (non-hydrogen) atoms. The first-order chi connectivity index (χ1) is 8.09. The van der Waals surface area contributed by atoms with Crippen LogP contribution >= 0.6 is 15.9 Å². The zero-order chi connectivity index (χ0) is 12.4. The predicted molar refractivity (Wildman–Crippen MR) is 61.7 cm³/mol. The Balaban J connectivity index is 2.19. The molecule has 1 unspecified atom stereocenters. The Kier molecular flexibility index (Phi) is 3.49. The number of carboxylic acids is 1. The number of furan rings is 1. The largest absolute Gasteiger partial charge is 0.480 e. The summed E-state index contributed by atoms with van der Waals surface area (Å²) in [6.07, 6.45) is 0. The number of halogens is 1. The molecule has 2 rings (SSSR count). The highest BCUT2D eigenvalue weighted by molar-refractivity contribution is 9.10. The van der Waals surface area contributed by atoms with Gasteiger partial charge in [-0.2, -0.15) is 0 Å². The maximum absolute atomic E-state index is 12.0. The number of nitrogens with one attached hydrogen (secondary N) is 1. The normalized spacial score (nSPS) is 20.3. The van der Waals surface area contributed by atoms with Gasteiger partial charge in [0.1, 0.15) is 6.04 Å². The van der Waals surface area contributed by atoms with Gasteiger partial charge in [0.25, 0.3) is 5.91 Å². The van der Waals surface area contributed by atoms with E-state index >= 15 is 0 Å². The van der Waals surface area contributed by atoms with Crippen LogP contribution in [-0.4, -0.2) is 47.6 Å². The minimum absolute atomic E-state index is 0.144. The molecule has 1 aliphatic heterocycles. The van der Waals surface area contributed by atoms with Gasteiger partial charge in [0.05, 0.1) is 0 Å². The van der Waals surface area contributed by atoms with Crippen LogP contribution < -0.4 is 5.32 Å². The Hall–Kier alpha value is -1.34.